The maximum absolute atomic E-state index is 11.6. The Kier molecular flexibility index (Phi) is 4.50. The van der Waals surface area contributed by atoms with Crippen LogP contribution in [-0.4, -0.2) is 31.7 Å². The number of carboxylic acid groups (broad SMARTS) is 1. The quantitative estimate of drug-likeness (QED) is 0.730. The number of hydrogen-bond acceptors (Lipinski definition) is 5. The number of aromatic nitrogens is 3. The lowest BCUT2D eigenvalue weighted by atomic mass is 10.2. The molecule has 0 aliphatic rings. The van der Waals surface area contributed by atoms with Crippen molar-refractivity contribution in [1.82, 2.24) is 14.8 Å². The van der Waals surface area contributed by atoms with Crippen molar-refractivity contribution >= 4 is 23.8 Å². The van der Waals surface area contributed by atoms with Gasteiger partial charge in [-0.05, 0) is 18.6 Å². The molecule has 0 saturated carbocycles. The molecule has 2 aromatic rings. The predicted octanol–water partition coefficient (Wildman–Crippen LogP) is 1.04. The number of carboxylic acids is 1. The summed E-state index contributed by atoms with van der Waals surface area (Å²) in [6.45, 7) is 0. The second kappa shape index (κ2) is 6.51. The minimum atomic E-state index is -0.932. The summed E-state index contributed by atoms with van der Waals surface area (Å²) in [6.07, 6.45) is 0.295. The van der Waals surface area contributed by atoms with Crippen LogP contribution in [0, 0.1) is 0 Å². The number of carbonyl (C=O) groups is 2. The zero-order chi connectivity index (χ0) is 15.2. The normalized spacial score (nSPS) is 10.3. The van der Waals surface area contributed by atoms with Gasteiger partial charge < -0.3 is 10.8 Å². The van der Waals surface area contributed by atoms with Crippen molar-refractivity contribution < 1.29 is 14.7 Å². The first-order valence-corrected chi connectivity index (χ1v) is 6.36. The summed E-state index contributed by atoms with van der Waals surface area (Å²) in [6, 6.07) is 9.15. The van der Waals surface area contributed by atoms with E-state index in [0.29, 0.717) is 0 Å². The zero-order valence-corrected chi connectivity index (χ0v) is 11.2. The van der Waals surface area contributed by atoms with Crippen molar-refractivity contribution in [1.29, 1.82) is 0 Å². The van der Waals surface area contributed by atoms with Gasteiger partial charge in [0.05, 0.1) is 5.69 Å². The Morgan fingerprint density at radius 3 is 2.62 bits per heavy atom. The zero-order valence-electron chi connectivity index (χ0n) is 11.2. The molecular formula is C13H15N5O3. The van der Waals surface area contributed by atoms with E-state index < -0.39 is 5.97 Å². The highest BCUT2D eigenvalue weighted by Crippen LogP contribution is 2.13. The number of nitrogens with one attached hydrogen (secondary N) is 1. The summed E-state index contributed by atoms with van der Waals surface area (Å²) in [7, 11) is 0. The molecule has 110 valence electrons. The molecule has 4 N–H and O–H groups in total. The molecule has 0 spiro atoms. The Bertz CT molecular complexity index is 639. The third-order valence-corrected chi connectivity index (χ3v) is 2.68. The van der Waals surface area contributed by atoms with Gasteiger partial charge in [-0.1, -0.05) is 18.2 Å². The third-order valence-electron chi connectivity index (χ3n) is 2.68. The van der Waals surface area contributed by atoms with E-state index in [1.54, 1.807) is 0 Å². The molecule has 1 aromatic heterocycles. The fourth-order valence-corrected chi connectivity index (χ4v) is 1.72. The number of para-hydroxylation sites is 1. The highest BCUT2D eigenvalue weighted by molar-refractivity contribution is 5.89. The van der Waals surface area contributed by atoms with E-state index in [-0.39, 0.29) is 37.1 Å². The van der Waals surface area contributed by atoms with E-state index in [2.05, 4.69) is 15.4 Å². The average Bonchev–Trinajstić information content (AvgIpc) is 2.80. The van der Waals surface area contributed by atoms with Gasteiger partial charge in [-0.15, -0.1) is 5.10 Å². The van der Waals surface area contributed by atoms with Crippen molar-refractivity contribution in [3.05, 3.63) is 30.3 Å². The van der Waals surface area contributed by atoms with E-state index in [0.717, 1.165) is 5.69 Å². The number of benzene rings is 1. The third kappa shape index (κ3) is 4.03. The van der Waals surface area contributed by atoms with E-state index in [4.69, 9.17) is 10.8 Å². The smallest absolute Gasteiger partial charge is 0.303 e. The number of anilines is 2. The Labute approximate surface area is 120 Å². The van der Waals surface area contributed by atoms with Crippen LogP contribution >= 0.6 is 0 Å². The number of amides is 1. The second-order valence-electron chi connectivity index (χ2n) is 4.34. The summed E-state index contributed by atoms with van der Waals surface area (Å²) in [5, 5.41) is 15.1. The topological polar surface area (TPSA) is 123 Å². The highest BCUT2D eigenvalue weighted by Gasteiger charge is 2.11. The number of nitrogens with zero attached hydrogens (tertiary/aromatic N) is 3. The summed E-state index contributed by atoms with van der Waals surface area (Å²) < 4.78 is 1.41. The minimum Gasteiger partial charge on any atom is -0.481 e. The maximum Gasteiger partial charge on any atom is 0.303 e. The number of aliphatic carboxylic acids is 1. The van der Waals surface area contributed by atoms with Gasteiger partial charge >= 0.3 is 5.97 Å². The van der Waals surface area contributed by atoms with Crippen molar-refractivity contribution in [2.45, 2.75) is 19.3 Å². The monoisotopic (exact) mass is 289 g/mol. The van der Waals surface area contributed by atoms with Gasteiger partial charge in [0, 0.05) is 12.8 Å². The molecule has 8 nitrogen and oxygen atoms in total. The highest BCUT2D eigenvalue weighted by atomic mass is 16.4. The molecule has 0 atom stereocenters. The molecule has 1 aromatic carbocycles. The van der Waals surface area contributed by atoms with Gasteiger partial charge in [-0.3, -0.25) is 14.9 Å². The number of nitrogens with two attached hydrogens (primary N) is 1. The minimum absolute atomic E-state index is 0.0541. The number of hydrogen-bond donors (Lipinski definition) is 3. The molecule has 0 radical (unpaired) electrons. The van der Waals surface area contributed by atoms with Crippen molar-refractivity contribution in [3.63, 3.8) is 0 Å². The Balaban J connectivity index is 1.99. The van der Waals surface area contributed by atoms with Gasteiger partial charge in [-0.2, -0.15) is 9.67 Å². The number of carbonyl (C=O) groups excluding carboxylic acids is 1. The van der Waals surface area contributed by atoms with Crippen LogP contribution in [0.5, 0.6) is 0 Å². The second-order valence-corrected chi connectivity index (χ2v) is 4.34. The largest absolute Gasteiger partial charge is 0.481 e. The van der Waals surface area contributed by atoms with Gasteiger partial charge in [0.25, 0.3) is 5.95 Å². The van der Waals surface area contributed by atoms with Crippen LogP contribution in [0.15, 0.2) is 30.3 Å². The first-order chi connectivity index (χ1) is 10.1. The van der Waals surface area contributed by atoms with Crippen LogP contribution < -0.4 is 11.1 Å². The standard InChI is InChI=1S/C13H15N5O3/c14-12-16-13(15-10(19)7-4-8-11(20)21)17-18(12)9-5-2-1-3-6-9/h1-3,5-6H,4,7-8H2,(H,20,21)(H3,14,15,16,17,19). The summed E-state index contributed by atoms with van der Waals surface area (Å²) >= 11 is 0. The van der Waals surface area contributed by atoms with E-state index in [9.17, 15) is 9.59 Å². The van der Waals surface area contributed by atoms with Gasteiger partial charge in [0.15, 0.2) is 0 Å². The van der Waals surface area contributed by atoms with Crippen LogP contribution in [0.1, 0.15) is 19.3 Å². The van der Waals surface area contributed by atoms with Crippen LogP contribution in [0.4, 0.5) is 11.9 Å². The molecule has 0 unspecified atom stereocenters. The van der Waals surface area contributed by atoms with Crippen LogP contribution in [0.25, 0.3) is 5.69 Å². The molecule has 0 saturated heterocycles. The van der Waals surface area contributed by atoms with Crippen molar-refractivity contribution in [2.75, 3.05) is 11.1 Å². The molecule has 2 rings (SSSR count). The van der Waals surface area contributed by atoms with Crippen LogP contribution in [-0.2, 0) is 9.59 Å². The molecular weight excluding hydrogens is 274 g/mol. The summed E-state index contributed by atoms with van der Waals surface area (Å²) in [4.78, 5) is 25.9. The van der Waals surface area contributed by atoms with Gasteiger partial charge in [0.1, 0.15) is 0 Å². The maximum atomic E-state index is 11.6. The molecule has 0 aliphatic heterocycles. The van der Waals surface area contributed by atoms with E-state index in [1.807, 2.05) is 30.3 Å². The molecule has 21 heavy (non-hydrogen) atoms. The first kappa shape index (κ1) is 14.5. The van der Waals surface area contributed by atoms with E-state index >= 15 is 0 Å². The fourth-order valence-electron chi connectivity index (χ4n) is 1.72. The molecule has 0 fully saturated rings. The number of rotatable bonds is 6. The average molecular weight is 289 g/mol. The van der Waals surface area contributed by atoms with Crippen molar-refractivity contribution in [3.8, 4) is 5.69 Å². The lowest BCUT2D eigenvalue weighted by Gasteiger charge is -2.01. The molecule has 0 bridgehead atoms. The van der Waals surface area contributed by atoms with Gasteiger partial charge in [-0.25, -0.2) is 0 Å². The predicted molar refractivity (Wildman–Crippen MR) is 75.9 cm³/mol. The SMILES string of the molecule is Nc1nc(NC(=O)CCCC(=O)O)nn1-c1ccccc1. The van der Waals surface area contributed by atoms with Crippen LogP contribution in [0.3, 0.4) is 0 Å². The summed E-state index contributed by atoms with van der Waals surface area (Å²) in [5.41, 5.74) is 6.48. The Morgan fingerprint density at radius 2 is 1.95 bits per heavy atom. The molecule has 0 aliphatic carbocycles. The fraction of sp³-hybridized carbons (Fsp3) is 0.231. The van der Waals surface area contributed by atoms with Crippen molar-refractivity contribution in [2.24, 2.45) is 0 Å². The van der Waals surface area contributed by atoms with E-state index in [1.165, 1.54) is 4.68 Å². The molecule has 1 heterocycles. The Hall–Kier alpha value is -2.90. The number of nitrogen functional groups attached to an aromatic ring is 1. The van der Waals surface area contributed by atoms with Crippen LogP contribution in [0.2, 0.25) is 0 Å². The molecule has 1 amide bonds. The molecule has 8 heteroatoms. The van der Waals surface area contributed by atoms with Gasteiger partial charge in [0.2, 0.25) is 11.9 Å². The lowest BCUT2D eigenvalue weighted by molar-refractivity contribution is -0.137. The lowest BCUT2D eigenvalue weighted by Crippen LogP contribution is -2.13. The Morgan fingerprint density at radius 1 is 1.24 bits per heavy atom. The summed E-state index contributed by atoms with van der Waals surface area (Å²) in [5.74, 6) is -1.03. The first-order valence-electron chi connectivity index (χ1n) is 6.36.